The fourth-order valence-electron chi connectivity index (χ4n) is 2.07. The third kappa shape index (κ3) is 3.99. The van der Waals surface area contributed by atoms with Crippen LogP contribution in [-0.2, 0) is 6.42 Å². The van der Waals surface area contributed by atoms with E-state index in [1.807, 2.05) is 13.8 Å². The van der Waals surface area contributed by atoms with Gasteiger partial charge in [0.15, 0.2) is 0 Å². The Morgan fingerprint density at radius 3 is 2.61 bits per heavy atom. The van der Waals surface area contributed by atoms with Crippen molar-refractivity contribution in [3.8, 4) is 5.75 Å². The van der Waals surface area contributed by atoms with E-state index in [1.54, 1.807) is 0 Å². The minimum atomic E-state index is -0.217. The zero-order valence-electron chi connectivity index (χ0n) is 11.4. The van der Waals surface area contributed by atoms with Crippen molar-refractivity contribution in [3.05, 3.63) is 27.7 Å². The molecule has 0 saturated heterocycles. The van der Waals surface area contributed by atoms with E-state index in [4.69, 9.17) is 10.5 Å². The lowest BCUT2D eigenvalue weighted by Crippen LogP contribution is -2.34. The summed E-state index contributed by atoms with van der Waals surface area (Å²) >= 11 is 3.61. The second kappa shape index (κ2) is 5.22. The van der Waals surface area contributed by atoms with Gasteiger partial charge in [0, 0.05) is 5.54 Å². The van der Waals surface area contributed by atoms with E-state index in [-0.39, 0.29) is 5.54 Å². The zero-order chi connectivity index (χ0) is 13.3. The lowest BCUT2D eigenvalue weighted by Gasteiger charge is -2.22. The fourth-order valence-corrected chi connectivity index (χ4v) is 2.80. The molecule has 2 rings (SSSR count). The molecular weight excluding hydrogens is 290 g/mol. The predicted molar refractivity (Wildman–Crippen MR) is 79.1 cm³/mol. The highest BCUT2D eigenvalue weighted by Gasteiger charge is 2.24. The molecule has 2 nitrogen and oxygen atoms in total. The molecule has 1 aliphatic rings. The summed E-state index contributed by atoms with van der Waals surface area (Å²) in [4.78, 5) is 0. The van der Waals surface area contributed by atoms with E-state index < -0.39 is 0 Å². The second-order valence-corrected chi connectivity index (χ2v) is 7.01. The van der Waals surface area contributed by atoms with Gasteiger partial charge in [-0.15, -0.1) is 0 Å². The Kier molecular flexibility index (Phi) is 4.02. The van der Waals surface area contributed by atoms with Gasteiger partial charge in [-0.2, -0.15) is 0 Å². The Balaban J connectivity index is 2.22. The normalized spacial score (nSPS) is 15.8. The molecule has 0 bridgehead atoms. The van der Waals surface area contributed by atoms with Gasteiger partial charge in [-0.05, 0) is 79.1 Å². The van der Waals surface area contributed by atoms with Gasteiger partial charge >= 0.3 is 0 Å². The van der Waals surface area contributed by atoms with Crippen LogP contribution in [0.15, 0.2) is 16.6 Å². The third-order valence-electron chi connectivity index (χ3n) is 3.07. The molecule has 18 heavy (non-hydrogen) atoms. The summed E-state index contributed by atoms with van der Waals surface area (Å²) in [7, 11) is 0. The molecule has 1 aliphatic carbocycles. The molecular formula is C15H22BrNO. The molecule has 0 atom stereocenters. The largest absolute Gasteiger partial charge is 0.492 e. The van der Waals surface area contributed by atoms with E-state index in [0.29, 0.717) is 0 Å². The predicted octanol–water partition coefficient (Wildman–Crippen LogP) is 3.83. The number of nitrogens with two attached hydrogens (primary N) is 1. The molecule has 0 aromatic heterocycles. The van der Waals surface area contributed by atoms with Crippen LogP contribution in [0.25, 0.3) is 0 Å². The summed E-state index contributed by atoms with van der Waals surface area (Å²) in [6.45, 7) is 7.03. The Hall–Kier alpha value is -0.540. The molecule has 0 spiro atoms. The van der Waals surface area contributed by atoms with Gasteiger partial charge in [-0.3, -0.25) is 0 Å². The van der Waals surface area contributed by atoms with Crippen molar-refractivity contribution in [3.63, 3.8) is 0 Å². The molecule has 1 saturated carbocycles. The first kappa shape index (κ1) is 13.9. The highest BCUT2D eigenvalue weighted by Crippen LogP contribution is 2.35. The van der Waals surface area contributed by atoms with E-state index >= 15 is 0 Å². The summed E-state index contributed by atoms with van der Waals surface area (Å²) in [5.41, 5.74) is 8.36. The molecule has 0 aliphatic heterocycles. The molecule has 1 fully saturated rings. The van der Waals surface area contributed by atoms with Crippen molar-refractivity contribution in [1.82, 2.24) is 0 Å². The molecule has 1 aromatic rings. The van der Waals surface area contributed by atoms with Crippen LogP contribution in [0.1, 0.15) is 37.8 Å². The van der Waals surface area contributed by atoms with Crippen molar-refractivity contribution in [1.29, 1.82) is 0 Å². The topological polar surface area (TPSA) is 35.2 Å². The van der Waals surface area contributed by atoms with Crippen molar-refractivity contribution in [2.45, 2.75) is 45.6 Å². The first-order valence-electron chi connectivity index (χ1n) is 6.56. The molecule has 2 N–H and O–H groups in total. The van der Waals surface area contributed by atoms with Crippen LogP contribution in [0.3, 0.4) is 0 Å². The van der Waals surface area contributed by atoms with Gasteiger partial charge in [-0.25, -0.2) is 0 Å². The minimum Gasteiger partial charge on any atom is -0.492 e. The van der Waals surface area contributed by atoms with Gasteiger partial charge in [0.25, 0.3) is 0 Å². The fraction of sp³-hybridized carbons (Fsp3) is 0.600. The lowest BCUT2D eigenvalue weighted by molar-refractivity contribution is 0.293. The molecule has 0 amide bonds. The number of hydrogen-bond acceptors (Lipinski definition) is 2. The van der Waals surface area contributed by atoms with Crippen molar-refractivity contribution < 1.29 is 4.74 Å². The van der Waals surface area contributed by atoms with Crippen molar-refractivity contribution in [2.75, 3.05) is 6.61 Å². The number of rotatable bonds is 5. The number of aryl methyl sites for hydroxylation is 1. The van der Waals surface area contributed by atoms with Gasteiger partial charge in [0.05, 0.1) is 11.1 Å². The van der Waals surface area contributed by atoms with E-state index in [0.717, 1.165) is 29.2 Å². The van der Waals surface area contributed by atoms with Crippen molar-refractivity contribution in [2.24, 2.45) is 11.7 Å². The Morgan fingerprint density at radius 1 is 1.39 bits per heavy atom. The third-order valence-corrected chi connectivity index (χ3v) is 3.66. The van der Waals surface area contributed by atoms with Crippen LogP contribution < -0.4 is 10.5 Å². The maximum absolute atomic E-state index is 6.13. The zero-order valence-corrected chi connectivity index (χ0v) is 13.0. The quantitative estimate of drug-likeness (QED) is 0.897. The molecule has 100 valence electrons. The molecule has 1 aromatic carbocycles. The summed E-state index contributed by atoms with van der Waals surface area (Å²) in [5, 5.41) is 0. The first-order valence-corrected chi connectivity index (χ1v) is 7.35. The average Bonchev–Trinajstić information content (AvgIpc) is 2.97. The number of benzene rings is 1. The summed E-state index contributed by atoms with van der Waals surface area (Å²) in [5.74, 6) is 1.74. The van der Waals surface area contributed by atoms with E-state index in [9.17, 15) is 0 Å². The molecule has 0 radical (unpaired) electrons. The molecule has 0 unspecified atom stereocenters. The highest BCUT2D eigenvalue weighted by atomic mass is 79.9. The summed E-state index contributed by atoms with van der Waals surface area (Å²) in [6.07, 6.45) is 3.44. The summed E-state index contributed by atoms with van der Waals surface area (Å²) < 4.78 is 7.03. The minimum absolute atomic E-state index is 0.217. The number of ether oxygens (including phenoxy) is 1. The lowest BCUT2D eigenvalue weighted by atomic mass is 9.94. The van der Waals surface area contributed by atoms with Crippen LogP contribution >= 0.6 is 15.9 Å². The van der Waals surface area contributed by atoms with Crippen molar-refractivity contribution >= 4 is 15.9 Å². The van der Waals surface area contributed by atoms with Gasteiger partial charge < -0.3 is 10.5 Å². The first-order chi connectivity index (χ1) is 8.35. The molecule has 0 heterocycles. The van der Waals surface area contributed by atoms with E-state index in [2.05, 4.69) is 35.0 Å². The Labute approximate surface area is 118 Å². The van der Waals surface area contributed by atoms with E-state index in [1.165, 1.54) is 24.0 Å². The molecule has 3 heteroatoms. The smallest absolute Gasteiger partial charge is 0.136 e. The van der Waals surface area contributed by atoms with Crippen LogP contribution in [0, 0.1) is 12.8 Å². The van der Waals surface area contributed by atoms with Crippen LogP contribution in [0.5, 0.6) is 5.75 Å². The van der Waals surface area contributed by atoms with Gasteiger partial charge in [0.1, 0.15) is 5.75 Å². The van der Waals surface area contributed by atoms with Crippen LogP contribution in [0.2, 0.25) is 0 Å². The highest BCUT2D eigenvalue weighted by molar-refractivity contribution is 9.10. The Bertz CT molecular complexity index is 433. The second-order valence-electron chi connectivity index (χ2n) is 6.15. The Morgan fingerprint density at radius 2 is 2.06 bits per heavy atom. The van der Waals surface area contributed by atoms with Crippen LogP contribution in [-0.4, -0.2) is 12.1 Å². The average molecular weight is 312 g/mol. The summed E-state index contributed by atoms with van der Waals surface area (Å²) in [6, 6.07) is 4.29. The maximum Gasteiger partial charge on any atom is 0.136 e. The maximum atomic E-state index is 6.13. The number of hydrogen-bond donors (Lipinski definition) is 1. The monoisotopic (exact) mass is 311 g/mol. The standard InChI is InChI=1S/C15H22BrNO/c1-10-6-12(8-15(2,3)17)14(13(16)7-10)18-9-11-4-5-11/h6-7,11H,4-5,8-9,17H2,1-3H3. The SMILES string of the molecule is Cc1cc(Br)c(OCC2CC2)c(CC(C)(C)N)c1. The van der Waals surface area contributed by atoms with Gasteiger partial charge in [-0.1, -0.05) is 6.07 Å². The number of halogens is 1. The van der Waals surface area contributed by atoms with Crippen LogP contribution in [0.4, 0.5) is 0 Å². The van der Waals surface area contributed by atoms with Gasteiger partial charge in [0.2, 0.25) is 0 Å².